The Labute approximate surface area is 259 Å². The summed E-state index contributed by atoms with van der Waals surface area (Å²) in [6.07, 6.45) is 8.61. The molecule has 1 unspecified atom stereocenters. The number of anilines is 1. The van der Waals surface area contributed by atoms with Gasteiger partial charge in [0.1, 0.15) is 34.3 Å². The number of nitrogens with zero attached hydrogens (tertiary/aromatic N) is 4. The summed E-state index contributed by atoms with van der Waals surface area (Å²) in [5.74, 6) is -0.606. The van der Waals surface area contributed by atoms with Crippen molar-refractivity contribution in [2.24, 2.45) is 5.41 Å². The van der Waals surface area contributed by atoms with Crippen LogP contribution in [0.1, 0.15) is 31.7 Å². The predicted molar refractivity (Wildman–Crippen MR) is 166 cm³/mol. The van der Waals surface area contributed by atoms with Gasteiger partial charge in [-0.1, -0.05) is 18.4 Å². The highest BCUT2D eigenvalue weighted by atomic mass is 19.1. The molecular weight excluding hydrogens is 585 g/mol. The zero-order chi connectivity index (χ0) is 32.1. The Bertz CT molecular complexity index is 1840. The number of fused-ring (bicyclic) bond motifs is 2. The number of hydrogen-bond acceptors (Lipinski definition) is 8. The van der Waals surface area contributed by atoms with E-state index in [2.05, 4.69) is 20.8 Å². The summed E-state index contributed by atoms with van der Waals surface area (Å²) < 4.78 is 59.5. The molecule has 2 aliphatic rings. The van der Waals surface area contributed by atoms with Gasteiger partial charge in [-0.3, -0.25) is 0 Å². The van der Waals surface area contributed by atoms with Crippen LogP contribution in [0.2, 0.25) is 0 Å². The van der Waals surface area contributed by atoms with Crippen LogP contribution in [0, 0.1) is 35.2 Å². The molecule has 0 spiro atoms. The second-order valence-electron chi connectivity index (χ2n) is 12.8. The van der Waals surface area contributed by atoms with Gasteiger partial charge in [0.05, 0.1) is 37.5 Å². The smallest absolute Gasteiger partial charge is 0.319 e. The van der Waals surface area contributed by atoms with E-state index in [0.29, 0.717) is 18.5 Å². The Hall–Kier alpha value is -4.11. The summed E-state index contributed by atoms with van der Waals surface area (Å²) in [5, 5.41) is 21.8. The summed E-state index contributed by atoms with van der Waals surface area (Å²) in [4.78, 5) is 12.9. The molecule has 2 N–H and O–H groups in total. The van der Waals surface area contributed by atoms with Crippen LogP contribution in [-0.2, 0) is 4.74 Å². The lowest BCUT2D eigenvalue weighted by molar-refractivity contribution is -0.0123. The van der Waals surface area contributed by atoms with E-state index in [4.69, 9.17) is 15.9 Å². The quantitative estimate of drug-likeness (QED) is 0.271. The normalized spacial score (nSPS) is 19.8. The number of rotatable bonds is 7. The monoisotopic (exact) mass is 620 g/mol. The number of aromatic nitrogens is 2. The van der Waals surface area contributed by atoms with Crippen LogP contribution in [0.4, 0.5) is 19.0 Å². The minimum atomic E-state index is -1.26. The van der Waals surface area contributed by atoms with Gasteiger partial charge >= 0.3 is 6.01 Å². The minimum Gasteiger partial charge on any atom is -0.508 e. The molecule has 236 valence electrons. The highest BCUT2D eigenvalue weighted by Crippen LogP contribution is 2.43. The van der Waals surface area contributed by atoms with Crippen molar-refractivity contribution in [1.29, 1.82) is 0 Å². The van der Waals surface area contributed by atoms with Crippen molar-refractivity contribution in [3.63, 3.8) is 0 Å². The molecular formula is C34H35F3N4O4. The zero-order valence-corrected chi connectivity index (χ0v) is 25.5. The van der Waals surface area contributed by atoms with Gasteiger partial charge in [0.25, 0.3) is 0 Å². The van der Waals surface area contributed by atoms with E-state index in [0.717, 1.165) is 44.0 Å². The van der Waals surface area contributed by atoms with Crippen molar-refractivity contribution in [2.45, 2.75) is 31.8 Å². The standard InChI is InChI=1S/C34H35F3N4O4/c1-5-22-25(35)8-7-20-13-21(42)14-23(27(20)22)28-26(36)15-24-30(29(28)37)38-32(45-19-34(9-6-10-34)17-40(3)4)39-31(24)41-11-12-44-18-33(2,43)16-41/h1,7-8,13-15,42-43H,6,9-12,16-19H2,2-4H3. The molecule has 6 rings (SSSR count). The summed E-state index contributed by atoms with van der Waals surface area (Å²) in [6, 6.07) is 6.04. The lowest BCUT2D eigenvalue weighted by atomic mass is 9.69. The Morgan fingerprint density at radius 1 is 1.13 bits per heavy atom. The van der Waals surface area contributed by atoms with Crippen LogP contribution in [0.5, 0.6) is 11.8 Å². The van der Waals surface area contributed by atoms with Crippen molar-refractivity contribution in [3.8, 4) is 35.2 Å². The average Bonchev–Trinajstić information content (AvgIpc) is 3.14. The molecule has 2 heterocycles. The van der Waals surface area contributed by atoms with Crippen LogP contribution >= 0.6 is 0 Å². The third kappa shape index (κ3) is 5.86. The minimum absolute atomic E-state index is 0.0539. The van der Waals surface area contributed by atoms with E-state index in [-0.39, 0.29) is 70.2 Å². The molecule has 3 aromatic carbocycles. The number of terminal acetylenes is 1. The number of hydrogen-bond donors (Lipinski definition) is 2. The van der Waals surface area contributed by atoms with Crippen LogP contribution in [0.15, 0.2) is 30.3 Å². The second-order valence-corrected chi connectivity index (χ2v) is 12.8. The number of aromatic hydroxyl groups is 1. The first-order valence-corrected chi connectivity index (χ1v) is 14.8. The molecule has 0 radical (unpaired) electrons. The summed E-state index contributed by atoms with van der Waals surface area (Å²) >= 11 is 0. The van der Waals surface area contributed by atoms with Crippen LogP contribution < -0.4 is 9.64 Å². The summed E-state index contributed by atoms with van der Waals surface area (Å²) in [6.45, 7) is 3.41. The lowest BCUT2D eigenvalue weighted by Gasteiger charge is -2.43. The SMILES string of the molecule is C#Cc1c(F)ccc2cc(O)cc(-c3c(F)cc4c(N5CCOCC(C)(O)C5)nc(OCC5(CN(C)C)CCC5)nc4c3F)c12. The topological polar surface area (TPSA) is 91.2 Å². The maximum atomic E-state index is 16.8. The van der Waals surface area contributed by atoms with E-state index in [9.17, 15) is 14.6 Å². The maximum absolute atomic E-state index is 16.8. The van der Waals surface area contributed by atoms with Crippen LogP contribution in [0.3, 0.4) is 0 Å². The fourth-order valence-corrected chi connectivity index (χ4v) is 6.57. The van der Waals surface area contributed by atoms with Gasteiger partial charge in [0.2, 0.25) is 0 Å². The van der Waals surface area contributed by atoms with Gasteiger partial charge in [-0.2, -0.15) is 9.97 Å². The third-order valence-corrected chi connectivity index (χ3v) is 8.63. The van der Waals surface area contributed by atoms with Gasteiger partial charge in [0.15, 0.2) is 5.82 Å². The Morgan fingerprint density at radius 2 is 1.91 bits per heavy atom. The van der Waals surface area contributed by atoms with E-state index in [1.165, 1.54) is 12.1 Å². The van der Waals surface area contributed by atoms with E-state index in [1.54, 1.807) is 11.8 Å². The number of aliphatic hydroxyl groups is 1. The maximum Gasteiger partial charge on any atom is 0.319 e. The fraction of sp³-hybridized carbons (Fsp3) is 0.412. The molecule has 1 saturated carbocycles. The first-order chi connectivity index (χ1) is 21.4. The van der Waals surface area contributed by atoms with Crippen LogP contribution in [0.25, 0.3) is 32.8 Å². The number of β-amino-alcohol motifs (C(OH)–C–C–N with tert-alkyl or cyclic N) is 1. The second kappa shape index (κ2) is 11.7. The molecule has 45 heavy (non-hydrogen) atoms. The number of halogens is 3. The van der Waals surface area contributed by atoms with Crippen LogP contribution in [-0.4, -0.2) is 84.2 Å². The van der Waals surface area contributed by atoms with Crippen molar-refractivity contribution in [1.82, 2.24) is 14.9 Å². The van der Waals surface area contributed by atoms with E-state index in [1.807, 2.05) is 14.1 Å². The van der Waals surface area contributed by atoms with Crippen molar-refractivity contribution < 1.29 is 32.9 Å². The van der Waals surface area contributed by atoms with Gasteiger partial charge in [-0.15, -0.1) is 6.42 Å². The fourth-order valence-electron chi connectivity index (χ4n) is 6.57. The highest BCUT2D eigenvalue weighted by molar-refractivity contribution is 6.04. The highest BCUT2D eigenvalue weighted by Gasteiger charge is 2.39. The van der Waals surface area contributed by atoms with Gasteiger partial charge in [-0.25, -0.2) is 13.2 Å². The zero-order valence-electron chi connectivity index (χ0n) is 25.5. The predicted octanol–water partition coefficient (Wildman–Crippen LogP) is 5.25. The van der Waals surface area contributed by atoms with Gasteiger partial charge in [-0.05, 0) is 63.5 Å². The molecule has 4 aromatic rings. The Kier molecular flexibility index (Phi) is 8.01. The average molecular weight is 621 g/mol. The first kappa shape index (κ1) is 30.9. The Balaban J connectivity index is 1.56. The molecule has 0 bridgehead atoms. The summed E-state index contributed by atoms with van der Waals surface area (Å²) in [7, 11) is 3.98. The van der Waals surface area contributed by atoms with E-state index >= 15 is 8.78 Å². The first-order valence-electron chi connectivity index (χ1n) is 14.8. The number of phenolic OH excluding ortho intramolecular Hbond substituents is 1. The molecule has 1 atom stereocenters. The molecule has 8 nitrogen and oxygen atoms in total. The molecule has 0 amide bonds. The Morgan fingerprint density at radius 3 is 2.60 bits per heavy atom. The number of benzene rings is 3. The van der Waals surface area contributed by atoms with Crippen molar-refractivity contribution in [3.05, 3.63) is 53.3 Å². The van der Waals surface area contributed by atoms with Gasteiger partial charge in [0, 0.05) is 34.8 Å². The molecule has 2 fully saturated rings. The molecule has 1 aromatic heterocycles. The molecule has 1 saturated heterocycles. The van der Waals surface area contributed by atoms with Gasteiger partial charge < -0.3 is 29.5 Å². The van der Waals surface area contributed by atoms with Crippen molar-refractivity contribution >= 4 is 27.5 Å². The van der Waals surface area contributed by atoms with Crippen molar-refractivity contribution in [2.75, 3.05) is 58.5 Å². The largest absolute Gasteiger partial charge is 0.508 e. The molecule has 11 heteroatoms. The third-order valence-electron chi connectivity index (χ3n) is 8.63. The number of ether oxygens (including phenoxy) is 2. The van der Waals surface area contributed by atoms with E-state index < -0.39 is 28.6 Å². The molecule has 1 aliphatic heterocycles. The molecule has 1 aliphatic carbocycles. The lowest BCUT2D eigenvalue weighted by Crippen LogP contribution is -2.44. The summed E-state index contributed by atoms with van der Waals surface area (Å²) in [5.41, 5.74) is -2.44. The number of phenols is 1.